The summed E-state index contributed by atoms with van der Waals surface area (Å²) in [5.41, 5.74) is 21.8. The van der Waals surface area contributed by atoms with Crippen LogP contribution in [0.1, 0.15) is 89.0 Å². The van der Waals surface area contributed by atoms with Crippen LogP contribution in [-0.4, -0.2) is 13.8 Å². The van der Waals surface area contributed by atoms with Crippen molar-refractivity contribution in [3.63, 3.8) is 0 Å². The van der Waals surface area contributed by atoms with Crippen molar-refractivity contribution < 1.29 is 27.4 Å². The third-order valence-electron chi connectivity index (χ3n) is 15.0. The van der Waals surface area contributed by atoms with Crippen LogP contribution in [0.5, 0.6) is 34.5 Å². The Morgan fingerprint density at radius 3 is 0.929 bits per heavy atom. The van der Waals surface area contributed by atoms with E-state index in [9.17, 15) is 0 Å². The van der Waals surface area contributed by atoms with Gasteiger partial charge in [-0.3, -0.25) is 0 Å². The second-order valence-electron chi connectivity index (χ2n) is 18.9. The minimum absolute atomic E-state index is 0.697. The molecule has 0 aromatic heterocycles. The first-order valence-electron chi connectivity index (χ1n) is 24.0. The van der Waals surface area contributed by atoms with Crippen LogP contribution >= 0.6 is 17.0 Å². The zero-order valence-electron chi connectivity index (χ0n) is 44.6. The predicted molar refractivity (Wildman–Crippen MR) is 298 cm³/mol. The highest BCUT2D eigenvalue weighted by Crippen LogP contribution is 2.50. The SMILES string of the molecule is COc1cccc2cccc(-c3cccc4cccc(OP(Oc5cc(C)c(C)c(C)c5C)Oc5cc(C)c(C)c(C)c5C)c34)c12.Cc1cc(OP(C)Oc2cc(C)c(C)c(C)c2C)c(C)c(C)c1C. The fourth-order valence-corrected chi connectivity index (χ4v) is 11.1. The van der Waals surface area contributed by atoms with Gasteiger partial charge in [-0.25, -0.2) is 0 Å². The average molecular weight is 973 g/mol. The van der Waals surface area contributed by atoms with E-state index in [4.69, 9.17) is 27.4 Å². The van der Waals surface area contributed by atoms with Gasteiger partial charge in [-0.2, -0.15) is 0 Å². The maximum absolute atomic E-state index is 6.89. The molecule has 0 radical (unpaired) electrons. The molecule has 0 amide bonds. The largest absolute Gasteiger partial charge is 0.530 e. The lowest BCUT2D eigenvalue weighted by molar-refractivity contribution is 0.387. The fraction of sp³-hybridized carbons (Fsp3) is 0.290. The average Bonchev–Trinajstić information content (AvgIpc) is 3.35. The van der Waals surface area contributed by atoms with Gasteiger partial charge in [0.25, 0.3) is 8.38 Å². The first-order chi connectivity index (χ1) is 33.2. The third kappa shape index (κ3) is 10.5. The molecule has 0 spiro atoms. The quantitative estimate of drug-likeness (QED) is 0.114. The van der Waals surface area contributed by atoms with Gasteiger partial charge in [0.15, 0.2) is 0 Å². The molecule has 0 saturated carbocycles. The van der Waals surface area contributed by atoms with Crippen molar-refractivity contribution in [2.24, 2.45) is 0 Å². The first-order valence-corrected chi connectivity index (χ1v) is 26.7. The van der Waals surface area contributed by atoms with Crippen molar-refractivity contribution in [3.05, 3.63) is 186 Å². The highest BCUT2D eigenvalue weighted by molar-refractivity contribution is 7.47. The molecule has 6 nitrogen and oxygen atoms in total. The van der Waals surface area contributed by atoms with E-state index in [0.29, 0.717) is 5.75 Å². The lowest BCUT2D eigenvalue weighted by Gasteiger charge is -2.23. The highest BCUT2D eigenvalue weighted by Gasteiger charge is 2.26. The summed E-state index contributed by atoms with van der Waals surface area (Å²) in [7, 11) is -1.23. The van der Waals surface area contributed by atoms with Crippen molar-refractivity contribution in [1.82, 2.24) is 0 Å². The van der Waals surface area contributed by atoms with Crippen molar-refractivity contribution in [1.29, 1.82) is 0 Å². The van der Waals surface area contributed by atoms with Crippen molar-refractivity contribution in [2.75, 3.05) is 13.8 Å². The molecular weight excluding hydrogens is 903 g/mol. The van der Waals surface area contributed by atoms with E-state index >= 15 is 0 Å². The fourth-order valence-electron chi connectivity index (χ4n) is 8.98. The number of methoxy groups -OCH3 is 1. The van der Waals surface area contributed by atoms with Crippen LogP contribution in [0.3, 0.4) is 0 Å². The molecule has 0 fully saturated rings. The highest BCUT2D eigenvalue weighted by atomic mass is 31.2. The molecule has 8 rings (SSSR count). The maximum atomic E-state index is 6.89. The summed E-state index contributed by atoms with van der Waals surface area (Å²) >= 11 is 0. The standard InChI is InChI=1S/C41H41O4P.C21H29O2P/c1-24-22-38(30(7)28(5)26(24)3)44-46(45-39-23-25(2)27(4)29(6)31(39)8)43-37-21-13-17-33-15-11-19-35(41(33)37)34-18-10-14-32-16-12-20-36(42-9)40(32)34;1-12-10-20(18(7)16(5)14(12)3)22-24(9)23-21-11-13(2)15(4)17(6)19(21)8/h10-23H,1-9H3;10-11H,1-9H3. The smallest absolute Gasteiger partial charge is 0.496 e. The molecule has 0 aliphatic carbocycles. The van der Waals surface area contributed by atoms with E-state index in [0.717, 1.165) is 72.5 Å². The normalized spacial score (nSPS) is 11.3. The van der Waals surface area contributed by atoms with Gasteiger partial charge in [-0.05, 0) is 258 Å². The molecule has 70 heavy (non-hydrogen) atoms. The van der Waals surface area contributed by atoms with Gasteiger partial charge >= 0.3 is 8.60 Å². The Labute approximate surface area is 420 Å². The minimum Gasteiger partial charge on any atom is -0.496 e. The molecule has 364 valence electrons. The Kier molecular flexibility index (Phi) is 15.9. The van der Waals surface area contributed by atoms with Crippen LogP contribution in [0.25, 0.3) is 32.7 Å². The van der Waals surface area contributed by atoms with Gasteiger partial charge in [0, 0.05) is 17.4 Å². The monoisotopic (exact) mass is 972 g/mol. The van der Waals surface area contributed by atoms with Crippen LogP contribution in [0.15, 0.2) is 97.1 Å². The van der Waals surface area contributed by atoms with Crippen molar-refractivity contribution in [2.45, 2.75) is 111 Å². The second-order valence-corrected chi connectivity index (χ2v) is 21.1. The second kappa shape index (κ2) is 21.5. The third-order valence-corrected chi connectivity index (χ3v) is 16.9. The van der Waals surface area contributed by atoms with Crippen molar-refractivity contribution in [3.8, 4) is 45.6 Å². The summed E-state index contributed by atoms with van der Waals surface area (Å²) in [6.45, 7) is 36.1. The Hall–Kier alpha value is -6.06. The number of hydrogen-bond acceptors (Lipinski definition) is 6. The molecule has 0 atom stereocenters. The minimum atomic E-state index is -1.91. The maximum Gasteiger partial charge on any atom is 0.530 e. The molecule has 8 aromatic rings. The molecule has 8 heteroatoms. The van der Waals surface area contributed by atoms with Gasteiger partial charge in [0.05, 0.1) is 7.11 Å². The number of benzene rings is 8. The Balaban J connectivity index is 0.000000254. The Morgan fingerprint density at radius 1 is 0.300 bits per heavy atom. The molecule has 0 unspecified atom stereocenters. The number of rotatable bonds is 12. The van der Waals surface area contributed by atoms with E-state index in [1.807, 2.05) is 30.9 Å². The lowest BCUT2D eigenvalue weighted by atomic mass is 9.93. The van der Waals surface area contributed by atoms with Crippen LogP contribution in [0.4, 0.5) is 0 Å². The summed E-state index contributed by atoms with van der Waals surface area (Å²) in [5.74, 6) is 4.93. The van der Waals surface area contributed by atoms with E-state index in [1.54, 1.807) is 7.11 Å². The zero-order valence-corrected chi connectivity index (χ0v) is 46.4. The molecular formula is C62H70O6P2. The Morgan fingerprint density at radius 2 is 0.586 bits per heavy atom. The predicted octanol–water partition coefficient (Wildman–Crippen LogP) is 18.5. The van der Waals surface area contributed by atoms with Gasteiger partial charge in [0.1, 0.15) is 34.5 Å². The summed E-state index contributed by atoms with van der Waals surface area (Å²) < 4.78 is 38.5. The van der Waals surface area contributed by atoms with Gasteiger partial charge < -0.3 is 27.4 Å². The molecule has 0 aliphatic heterocycles. The molecule has 8 aromatic carbocycles. The van der Waals surface area contributed by atoms with Crippen LogP contribution in [-0.2, 0) is 0 Å². The summed E-state index contributed by atoms with van der Waals surface area (Å²) in [5, 5.41) is 4.23. The number of aryl methyl sites for hydroxylation is 4. The number of ether oxygens (including phenoxy) is 1. The van der Waals surface area contributed by atoms with Gasteiger partial charge in [0.2, 0.25) is 0 Å². The van der Waals surface area contributed by atoms with Gasteiger partial charge in [-0.15, -0.1) is 0 Å². The number of fused-ring (bicyclic) bond motifs is 2. The molecule has 0 saturated heterocycles. The summed E-state index contributed by atoms with van der Waals surface area (Å²) in [4.78, 5) is 0. The number of hydrogen-bond donors (Lipinski definition) is 0. The van der Waals surface area contributed by atoms with E-state index in [2.05, 4.69) is 184 Å². The summed E-state index contributed by atoms with van der Waals surface area (Å²) in [6, 6.07) is 33.4. The molecule has 0 aliphatic rings. The topological polar surface area (TPSA) is 55.4 Å². The molecule has 0 bridgehead atoms. The molecule has 0 N–H and O–H groups in total. The van der Waals surface area contributed by atoms with E-state index < -0.39 is 17.0 Å². The van der Waals surface area contributed by atoms with Gasteiger partial charge in [-0.1, -0.05) is 60.7 Å². The lowest BCUT2D eigenvalue weighted by Crippen LogP contribution is -2.06. The molecule has 0 heterocycles. The van der Waals surface area contributed by atoms with E-state index in [1.165, 1.54) is 77.9 Å². The van der Waals surface area contributed by atoms with Crippen molar-refractivity contribution >= 4 is 38.5 Å². The zero-order chi connectivity index (χ0) is 50.9. The van der Waals surface area contributed by atoms with Crippen LogP contribution in [0.2, 0.25) is 0 Å². The van der Waals surface area contributed by atoms with Crippen LogP contribution < -0.4 is 27.4 Å². The first kappa shape index (κ1) is 51.8. The summed E-state index contributed by atoms with van der Waals surface area (Å²) in [6.07, 6.45) is 0. The van der Waals surface area contributed by atoms with E-state index in [-0.39, 0.29) is 0 Å². The Bertz CT molecular complexity index is 3140. The van der Waals surface area contributed by atoms with Crippen LogP contribution in [0, 0.1) is 111 Å².